The van der Waals surface area contributed by atoms with E-state index in [1.54, 1.807) is 6.07 Å². The summed E-state index contributed by atoms with van der Waals surface area (Å²) in [7, 11) is 0. The smallest absolute Gasteiger partial charge is 0.255 e. The van der Waals surface area contributed by atoms with Crippen molar-refractivity contribution in [1.29, 1.82) is 0 Å². The minimum atomic E-state index is -0.0430. The predicted octanol–water partition coefficient (Wildman–Crippen LogP) is 5.42. The third kappa shape index (κ3) is 5.39. The number of carbonyl (C=O) groups is 1. The summed E-state index contributed by atoms with van der Waals surface area (Å²) in [6, 6.07) is 17.6. The fourth-order valence-corrected chi connectivity index (χ4v) is 4.91. The average Bonchev–Trinajstić information content (AvgIpc) is 3.23. The van der Waals surface area contributed by atoms with E-state index in [2.05, 4.69) is 54.3 Å². The lowest BCUT2D eigenvalue weighted by Gasteiger charge is -2.37. The molecule has 1 aliphatic rings. The molecule has 35 heavy (non-hydrogen) atoms. The van der Waals surface area contributed by atoms with Gasteiger partial charge in [-0.1, -0.05) is 55.8 Å². The van der Waals surface area contributed by atoms with Gasteiger partial charge in [0.25, 0.3) is 5.91 Å². The number of nitrogens with zero attached hydrogens (tertiary/aromatic N) is 5. The van der Waals surface area contributed by atoms with E-state index in [-0.39, 0.29) is 11.9 Å². The van der Waals surface area contributed by atoms with Gasteiger partial charge in [0.05, 0.1) is 28.5 Å². The van der Waals surface area contributed by atoms with E-state index in [1.807, 2.05) is 41.3 Å². The van der Waals surface area contributed by atoms with Gasteiger partial charge in [-0.2, -0.15) is 5.10 Å². The van der Waals surface area contributed by atoms with Gasteiger partial charge in [-0.05, 0) is 51.1 Å². The van der Waals surface area contributed by atoms with E-state index in [0.29, 0.717) is 17.1 Å². The SMILES string of the molecule is CCC(C)N(Cc1c(C)nn(-c2ccccc2)c1N1CCN(CC)CC1)C(=O)c1ccccc1Cl. The molecular weight excluding hydrogens is 458 g/mol. The number of piperazine rings is 1. The van der Waals surface area contributed by atoms with Gasteiger partial charge < -0.3 is 14.7 Å². The Balaban J connectivity index is 1.76. The Labute approximate surface area is 214 Å². The lowest BCUT2D eigenvalue weighted by Crippen LogP contribution is -2.47. The van der Waals surface area contributed by atoms with E-state index in [0.717, 1.165) is 61.9 Å². The molecule has 1 unspecified atom stereocenters. The first kappa shape index (κ1) is 25.3. The molecule has 1 aromatic heterocycles. The first-order valence-corrected chi connectivity index (χ1v) is 13.0. The molecule has 0 spiro atoms. The predicted molar refractivity (Wildman–Crippen MR) is 144 cm³/mol. The van der Waals surface area contributed by atoms with Crippen LogP contribution in [-0.2, 0) is 6.54 Å². The third-order valence-electron chi connectivity index (χ3n) is 7.09. The Kier molecular flexibility index (Phi) is 8.14. The molecule has 0 aliphatic carbocycles. The van der Waals surface area contributed by atoms with Crippen LogP contribution in [0.5, 0.6) is 0 Å². The number of carbonyl (C=O) groups excluding carboxylic acids is 1. The molecule has 0 bridgehead atoms. The van der Waals surface area contributed by atoms with Crippen LogP contribution in [-0.4, -0.2) is 64.3 Å². The third-order valence-corrected chi connectivity index (χ3v) is 7.42. The summed E-state index contributed by atoms with van der Waals surface area (Å²) >= 11 is 6.43. The van der Waals surface area contributed by atoms with Crippen molar-refractivity contribution < 1.29 is 4.79 Å². The zero-order valence-corrected chi connectivity index (χ0v) is 22.0. The van der Waals surface area contributed by atoms with E-state index >= 15 is 0 Å². The normalized spacial score (nSPS) is 15.3. The van der Waals surface area contributed by atoms with Gasteiger partial charge in [0.1, 0.15) is 5.82 Å². The zero-order valence-electron chi connectivity index (χ0n) is 21.2. The standard InChI is InChI=1S/C28H36ClN5O/c1-5-21(3)33(28(35)24-14-10-11-15-26(24)29)20-25-22(4)30-34(23-12-8-7-9-13-23)27(25)32-18-16-31(6-2)17-19-32/h7-15,21H,5-6,16-20H2,1-4H3. The molecule has 1 saturated heterocycles. The van der Waals surface area contributed by atoms with Gasteiger partial charge in [0.15, 0.2) is 0 Å². The molecular formula is C28H36ClN5O. The van der Waals surface area contributed by atoms with Crippen LogP contribution in [0.4, 0.5) is 5.82 Å². The number of aromatic nitrogens is 2. The molecule has 186 valence electrons. The maximum Gasteiger partial charge on any atom is 0.255 e. The highest BCUT2D eigenvalue weighted by atomic mass is 35.5. The lowest BCUT2D eigenvalue weighted by atomic mass is 10.1. The van der Waals surface area contributed by atoms with Crippen molar-refractivity contribution in [1.82, 2.24) is 19.6 Å². The van der Waals surface area contributed by atoms with Gasteiger partial charge in [-0.15, -0.1) is 0 Å². The second-order valence-electron chi connectivity index (χ2n) is 9.23. The summed E-state index contributed by atoms with van der Waals surface area (Å²) in [6.45, 7) is 13.9. The van der Waals surface area contributed by atoms with Crippen molar-refractivity contribution in [2.75, 3.05) is 37.6 Å². The molecule has 1 aliphatic heterocycles. The molecule has 2 heterocycles. The Bertz CT molecular complexity index is 1140. The van der Waals surface area contributed by atoms with Crippen molar-refractivity contribution in [2.45, 2.75) is 46.7 Å². The van der Waals surface area contributed by atoms with Crippen LogP contribution in [0.25, 0.3) is 5.69 Å². The van der Waals surface area contributed by atoms with E-state index < -0.39 is 0 Å². The van der Waals surface area contributed by atoms with Crippen molar-refractivity contribution in [3.8, 4) is 5.69 Å². The monoisotopic (exact) mass is 493 g/mol. The van der Waals surface area contributed by atoms with Crippen LogP contribution < -0.4 is 4.90 Å². The summed E-state index contributed by atoms with van der Waals surface area (Å²) in [5.74, 6) is 1.04. The maximum atomic E-state index is 13.7. The van der Waals surface area contributed by atoms with Crippen LogP contribution in [0.2, 0.25) is 5.02 Å². The molecule has 7 heteroatoms. The highest BCUT2D eigenvalue weighted by Crippen LogP contribution is 2.31. The van der Waals surface area contributed by atoms with Gasteiger partial charge in [0, 0.05) is 37.8 Å². The van der Waals surface area contributed by atoms with Gasteiger partial charge in [-0.25, -0.2) is 4.68 Å². The fraction of sp³-hybridized carbons (Fsp3) is 0.429. The van der Waals surface area contributed by atoms with E-state index in [9.17, 15) is 4.79 Å². The van der Waals surface area contributed by atoms with Crippen LogP contribution >= 0.6 is 11.6 Å². The van der Waals surface area contributed by atoms with Gasteiger partial charge in [0.2, 0.25) is 0 Å². The minimum absolute atomic E-state index is 0.0430. The molecule has 3 aromatic rings. The summed E-state index contributed by atoms with van der Waals surface area (Å²) in [5, 5.41) is 5.47. The second-order valence-corrected chi connectivity index (χ2v) is 9.63. The first-order valence-electron chi connectivity index (χ1n) is 12.6. The Hall–Kier alpha value is -2.83. The van der Waals surface area contributed by atoms with Crippen molar-refractivity contribution in [3.63, 3.8) is 0 Å². The summed E-state index contributed by atoms with van der Waals surface area (Å²) in [5.41, 5.74) is 3.62. The van der Waals surface area contributed by atoms with Crippen molar-refractivity contribution >= 4 is 23.3 Å². The van der Waals surface area contributed by atoms with E-state index in [4.69, 9.17) is 16.7 Å². The second kappa shape index (κ2) is 11.3. The number of benzene rings is 2. The Morgan fingerprint density at radius 2 is 1.69 bits per heavy atom. The fourth-order valence-electron chi connectivity index (χ4n) is 4.69. The molecule has 0 saturated carbocycles. The van der Waals surface area contributed by atoms with Crippen LogP contribution in [0.3, 0.4) is 0 Å². The quantitative estimate of drug-likeness (QED) is 0.420. The summed E-state index contributed by atoms with van der Waals surface area (Å²) < 4.78 is 2.06. The molecule has 0 radical (unpaired) electrons. The summed E-state index contributed by atoms with van der Waals surface area (Å²) in [6.07, 6.45) is 0.854. The lowest BCUT2D eigenvalue weighted by molar-refractivity contribution is 0.0671. The number of hydrogen-bond acceptors (Lipinski definition) is 4. The number of rotatable bonds is 8. The number of halogens is 1. The highest BCUT2D eigenvalue weighted by molar-refractivity contribution is 6.33. The van der Waals surface area contributed by atoms with Crippen LogP contribution in [0.1, 0.15) is 48.8 Å². The van der Waals surface area contributed by atoms with E-state index in [1.165, 1.54) is 0 Å². The molecule has 1 atom stereocenters. The molecule has 0 N–H and O–H groups in total. The van der Waals surface area contributed by atoms with Gasteiger partial charge >= 0.3 is 0 Å². The molecule has 1 amide bonds. The van der Waals surface area contributed by atoms with Gasteiger partial charge in [-0.3, -0.25) is 4.79 Å². The number of aryl methyl sites for hydroxylation is 1. The topological polar surface area (TPSA) is 44.6 Å². The zero-order chi connectivity index (χ0) is 24.9. The van der Waals surface area contributed by atoms with Crippen molar-refractivity contribution in [2.24, 2.45) is 0 Å². The van der Waals surface area contributed by atoms with Crippen LogP contribution in [0.15, 0.2) is 54.6 Å². The molecule has 1 fully saturated rings. The number of amides is 1. The maximum absolute atomic E-state index is 13.7. The van der Waals surface area contributed by atoms with Crippen LogP contribution in [0, 0.1) is 6.92 Å². The minimum Gasteiger partial charge on any atom is -0.354 e. The number of anilines is 1. The number of para-hydroxylation sites is 1. The molecule has 4 rings (SSSR count). The van der Waals surface area contributed by atoms with Crippen molar-refractivity contribution in [3.05, 3.63) is 76.4 Å². The number of likely N-dealkylation sites (N-methyl/N-ethyl adjacent to an activating group) is 1. The first-order chi connectivity index (χ1) is 16.9. The largest absolute Gasteiger partial charge is 0.354 e. The summed E-state index contributed by atoms with van der Waals surface area (Å²) in [4.78, 5) is 20.6. The average molecular weight is 494 g/mol. The molecule has 2 aromatic carbocycles. The molecule has 6 nitrogen and oxygen atoms in total. The number of hydrogen-bond donors (Lipinski definition) is 0. The Morgan fingerprint density at radius 3 is 2.31 bits per heavy atom. The Morgan fingerprint density at radius 1 is 1.03 bits per heavy atom. The highest BCUT2D eigenvalue weighted by Gasteiger charge is 2.29.